The van der Waals surface area contributed by atoms with Gasteiger partial charge in [-0.1, -0.05) is 6.92 Å². The Morgan fingerprint density at radius 1 is 1.59 bits per heavy atom. The van der Waals surface area contributed by atoms with Crippen LogP contribution in [-0.2, 0) is 4.79 Å². The van der Waals surface area contributed by atoms with Gasteiger partial charge in [0.15, 0.2) is 10.4 Å². The van der Waals surface area contributed by atoms with Gasteiger partial charge in [-0.05, 0) is 34.5 Å². The average Bonchev–Trinajstić information content (AvgIpc) is 2.75. The molecule has 1 aliphatic heterocycles. The summed E-state index contributed by atoms with van der Waals surface area (Å²) in [7, 11) is 0. The molecule has 2 heterocycles. The largest absolute Gasteiger partial charge is 0.444 e. The van der Waals surface area contributed by atoms with E-state index in [0.29, 0.717) is 29.9 Å². The van der Waals surface area contributed by atoms with Crippen molar-refractivity contribution in [3.05, 3.63) is 22.6 Å². The van der Waals surface area contributed by atoms with Crippen molar-refractivity contribution >= 4 is 27.6 Å². The Labute approximate surface area is 108 Å². The normalized spacial score (nSPS) is 20.7. The van der Waals surface area contributed by atoms with E-state index in [9.17, 15) is 9.59 Å². The lowest BCUT2D eigenvalue weighted by Crippen LogP contribution is -2.43. The molecule has 0 bridgehead atoms. The standard InChI is InChI=1S/C12H14BrNO3/c1-2-8-7-14(6-5-9(8)15)12(16)10-3-4-11(13)17-10/h3-4,8H,2,5-7H2,1H3. The monoisotopic (exact) mass is 299 g/mol. The van der Waals surface area contributed by atoms with E-state index in [1.165, 1.54) is 0 Å². The first kappa shape index (κ1) is 12.4. The number of amides is 1. The molecule has 0 aliphatic carbocycles. The number of carbonyl (C=O) groups excluding carboxylic acids is 2. The molecule has 1 fully saturated rings. The van der Waals surface area contributed by atoms with Crippen molar-refractivity contribution < 1.29 is 14.0 Å². The molecule has 0 radical (unpaired) electrons. The fourth-order valence-corrected chi connectivity index (χ4v) is 2.34. The Balaban J connectivity index is 2.08. The molecule has 0 N–H and O–H groups in total. The predicted molar refractivity (Wildman–Crippen MR) is 65.7 cm³/mol. The number of piperidine rings is 1. The lowest BCUT2D eigenvalue weighted by molar-refractivity contribution is -0.125. The topological polar surface area (TPSA) is 50.5 Å². The number of hydrogen-bond acceptors (Lipinski definition) is 3. The molecule has 2 rings (SSSR count). The number of nitrogens with zero attached hydrogens (tertiary/aromatic N) is 1. The van der Waals surface area contributed by atoms with Gasteiger partial charge in [-0.15, -0.1) is 0 Å². The Morgan fingerprint density at radius 3 is 2.94 bits per heavy atom. The molecule has 0 spiro atoms. The van der Waals surface area contributed by atoms with Crippen molar-refractivity contribution in [2.45, 2.75) is 19.8 Å². The van der Waals surface area contributed by atoms with Crippen molar-refractivity contribution in [3.63, 3.8) is 0 Å². The number of carbonyl (C=O) groups is 2. The highest BCUT2D eigenvalue weighted by Gasteiger charge is 2.30. The maximum absolute atomic E-state index is 12.1. The van der Waals surface area contributed by atoms with Gasteiger partial charge in [-0.25, -0.2) is 0 Å². The van der Waals surface area contributed by atoms with Crippen LogP contribution in [0, 0.1) is 5.92 Å². The Hall–Kier alpha value is -1.10. The third-order valence-corrected chi connectivity index (χ3v) is 3.51. The average molecular weight is 300 g/mol. The first-order valence-electron chi connectivity index (χ1n) is 5.69. The first-order chi connectivity index (χ1) is 8.11. The number of halogens is 1. The number of rotatable bonds is 2. The van der Waals surface area contributed by atoms with Gasteiger partial charge < -0.3 is 9.32 Å². The molecule has 1 aromatic heterocycles. The third-order valence-electron chi connectivity index (χ3n) is 3.09. The molecule has 1 amide bonds. The van der Waals surface area contributed by atoms with E-state index in [4.69, 9.17) is 4.42 Å². The van der Waals surface area contributed by atoms with Crippen LogP contribution in [0.4, 0.5) is 0 Å². The zero-order chi connectivity index (χ0) is 12.4. The number of hydrogen-bond donors (Lipinski definition) is 0. The van der Waals surface area contributed by atoms with Crippen molar-refractivity contribution in [1.29, 1.82) is 0 Å². The van der Waals surface area contributed by atoms with E-state index in [1.807, 2.05) is 6.92 Å². The summed E-state index contributed by atoms with van der Waals surface area (Å²) in [6.45, 7) is 2.97. The van der Waals surface area contributed by atoms with Crippen molar-refractivity contribution in [2.75, 3.05) is 13.1 Å². The molecule has 4 nitrogen and oxygen atoms in total. The van der Waals surface area contributed by atoms with Crippen LogP contribution in [0.15, 0.2) is 21.2 Å². The van der Waals surface area contributed by atoms with Crippen LogP contribution in [0.2, 0.25) is 0 Å². The minimum Gasteiger partial charge on any atom is -0.444 e. The van der Waals surface area contributed by atoms with Gasteiger partial charge in [0.2, 0.25) is 0 Å². The van der Waals surface area contributed by atoms with Crippen LogP contribution in [0.5, 0.6) is 0 Å². The van der Waals surface area contributed by atoms with E-state index in [0.717, 1.165) is 6.42 Å². The first-order valence-corrected chi connectivity index (χ1v) is 6.48. The maximum Gasteiger partial charge on any atom is 0.289 e. The highest BCUT2D eigenvalue weighted by molar-refractivity contribution is 9.10. The van der Waals surface area contributed by atoms with Crippen molar-refractivity contribution in [1.82, 2.24) is 4.90 Å². The molecule has 92 valence electrons. The second-order valence-corrected chi connectivity index (χ2v) is 4.96. The molecule has 0 saturated carbocycles. The molecule has 17 heavy (non-hydrogen) atoms. The lowest BCUT2D eigenvalue weighted by Gasteiger charge is -2.30. The molecule has 0 aromatic carbocycles. The molecule has 1 aliphatic rings. The molecule has 1 saturated heterocycles. The maximum atomic E-state index is 12.1. The Bertz CT molecular complexity index is 441. The van der Waals surface area contributed by atoms with Gasteiger partial charge in [0.05, 0.1) is 0 Å². The summed E-state index contributed by atoms with van der Waals surface area (Å²) in [6.07, 6.45) is 1.23. The number of likely N-dealkylation sites (tertiary alicyclic amines) is 1. The highest BCUT2D eigenvalue weighted by atomic mass is 79.9. The summed E-state index contributed by atoms with van der Waals surface area (Å²) < 4.78 is 5.78. The SMILES string of the molecule is CCC1CN(C(=O)c2ccc(Br)o2)CCC1=O. The van der Waals surface area contributed by atoms with E-state index in [-0.39, 0.29) is 17.6 Å². The second kappa shape index (κ2) is 5.04. The molecule has 1 aromatic rings. The van der Waals surface area contributed by atoms with Crippen molar-refractivity contribution in [2.24, 2.45) is 5.92 Å². The summed E-state index contributed by atoms with van der Waals surface area (Å²) in [6, 6.07) is 3.34. The molecule has 1 unspecified atom stereocenters. The zero-order valence-electron chi connectivity index (χ0n) is 9.61. The lowest BCUT2D eigenvalue weighted by atomic mass is 9.94. The fraction of sp³-hybridized carbons (Fsp3) is 0.500. The Kier molecular flexibility index (Phi) is 3.66. The van der Waals surface area contributed by atoms with Crippen molar-refractivity contribution in [3.8, 4) is 0 Å². The van der Waals surface area contributed by atoms with Crippen LogP contribution >= 0.6 is 15.9 Å². The predicted octanol–water partition coefficient (Wildman–Crippen LogP) is 2.48. The van der Waals surface area contributed by atoms with Gasteiger partial charge in [-0.3, -0.25) is 9.59 Å². The molecule has 1 atom stereocenters. The van der Waals surface area contributed by atoms with Gasteiger partial charge >= 0.3 is 0 Å². The zero-order valence-corrected chi connectivity index (χ0v) is 11.2. The van der Waals surface area contributed by atoms with Crippen LogP contribution in [0.1, 0.15) is 30.3 Å². The minimum absolute atomic E-state index is 0.0221. The van der Waals surface area contributed by atoms with Crippen LogP contribution in [0.25, 0.3) is 0 Å². The van der Waals surface area contributed by atoms with Crippen LogP contribution in [-0.4, -0.2) is 29.7 Å². The van der Waals surface area contributed by atoms with Gasteiger partial charge in [0, 0.05) is 25.4 Å². The van der Waals surface area contributed by atoms with E-state index in [1.54, 1.807) is 17.0 Å². The van der Waals surface area contributed by atoms with Gasteiger partial charge in [-0.2, -0.15) is 0 Å². The van der Waals surface area contributed by atoms with Crippen LogP contribution < -0.4 is 0 Å². The number of ketones is 1. The third kappa shape index (κ3) is 2.60. The molecule has 5 heteroatoms. The summed E-state index contributed by atoms with van der Waals surface area (Å²) in [5, 5.41) is 0. The van der Waals surface area contributed by atoms with E-state index in [2.05, 4.69) is 15.9 Å². The smallest absolute Gasteiger partial charge is 0.289 e. The Morgan fingerprint density at radius 2 is 2.35 bits per heavy atom. The summed E-state index contributed by atoms with van der Waals surface area (Å²) in [5.41, 5.74) is 0. The van der Waals surface area contributed by atoms with Gasteiger partial charge in [0.25, 0.3) is 5.91 Å². The second-order valence-electron chi connectivity index (χ2n) is 4.18. The van der Waals surface area contributed by atoms with E-state index < -0.39 is 0 Å². The summed E-state index contributed by atoms with van der Waals surface area (Å²) in [4.78, 5) is 25.3. The quantitative estimate of drug-likeness (QED) is 0.843. The van der Waals surface area contributed by atoms with E-state index >= 15 is 0 Å². The fourth-order valence-electron chi connectivity index (χ4n) is 2.03. The highest BCUT2D eigenvalue weighted by Crippen LogP contribution is 2.20. The minimum atomic E-state index is -0.137. The van der Waals surface area contributed by atoms with Gasteiger partial charge in [0.1, 0.15) is 5.78 Å². The summed E-state index contributed by atoms with van der Waals surface area (Å²) in [5.74, 6) is 0.422. The number of furan rings is 1. The van der Waals surface area contributed by atoms with Crippen LogP contribution in [0.3, 0.4) is 0 Å². The molecular formula is C12H14BrNO3. The number of Topliss-reactive ketones (excluding diaryl/α,β-unsaturated/α-hetero) is 1. The molecular weight excluding hydrogens is 286 g/mol. The summed E-state index contributed by atoms with van der Waals surface area (Å²) >= 11 is 3.17.